The van der Waals surface area contributed by atoms with Crippen LogP contribution in [-0.2, 0) is 22.7 Å². The summed E-state index contributed by atoms with van der Waals surface area (Å²) < 4.78 is 11.4. The molecule has 0 radical (unpaired) electrons. The van der Waals surface area contributed by atoms with Gasteiger partial charge < -0.3 is 19.7 Å². The first-order valence-electron chi connectivity index (χ1n) is 11.7. The maximum Gasteiger partial charge on any atom is 0.325 e. The number of benzene rings is 1. The number of methoxy groups -OCH3 is 1. The van der Waals surface area contributed by atoms with Gasteiger partial charge in [0.25, 0.3) is 5.91 Å². The van der Waals surface area contributed by atoms with Crippen LogP contribution in [0, 0.1) is 0 Å². The summed E-state index contributed by atoms with van der Waals surface area (Å²) in [6, 6.07) is 9.27. The highest BCUT2D eigenvalue weighted by molar-refractivity contribution is 7.09. The molecule has 34 heavy (non-hydrogen) atoms. The Bertz CT molecular complexity index is 1030. The van der Waals surface area contributed by atoms with Gasteiger partial charge in [0, 0.05) is 30.9 Å². The minimum atomic E-state index is -0.742. The van der Waals surface area contributed by atoms with Gasteiger partial charge in [-0.2, -0.15) is 0 Å². The van der Waals surface area contributed by atoms with Crippen molar-refractivity contribution in [2.45, 2.75) is 57.7 Å². The summed E-state index contributed by atoms with van der Waals surface area (Å²) in [7, 11) is 1.59. The minimum absolute atomic E-state index is 0.0978. The number of amides is 4. The first-order valence-corrected chi connectivity index (χ1v) is 12.6. The van der Waals surface area contributed by atoms with E-state index in [-0.39, 0.29) is 30.8 Å². The normalized spacial score (nSPS) is 16.7. The summed E-state index contributed by atoms with van der Waals surface area (Å²) in [6.07, 6.45) is 3.33. The van der Waals surface area contributed by atoms with Crippen LogP contribution in [0.25, 0.3) is 0 Å². The molecule has 0 atom stereocenters. The van der Waals surface area contributed by atoms with Crippen LogP contribution in [0.3, 0.4) is 0 Å². The second-order valence-corrected chi connectivity index (χ2v) is 9.72. The third-order valence-electron chi connectivity index (χ3n) is 6.54. The quantitative estimate of drug-likeness (QED) is 0.515. The van der Waals surface area contributed by atoms with E-state index in [4.69, 9.17) is 9.47 Å². The van der Waals surface area contributed by atoms with Gasteiger partial charge in [0.2, 0.25) is 5.91 Å². The van der Waals surface area contributed by atoms with Crippen LogP contribution >= 0.6 is 11.3 Å². The van der Waals surface area contributed by atoms with Crippen molar-refractivity contribution < 1.29 is 23.9 Å². The second-order valence-electron chi connectivity index (χ2n) is 8.69. The molecule has 0 unspecified atom stereocenters. The predicted octanol–water partition coefficient (Wildman–Crippen LogP) is 3.94. The van der Waals surface area contributed by atoms with Gasteiger partial charge in [-0.15, -0.1) is 11.3 Å². The van der Waals surface area contributed by atoms with Crippen molar-refractivity contribution >= 4 is 29.2 Å². The fourth-order valence-electron chi connectivity index (χ4n) is 4.63. The van der Waals surface area contributed by atoms with Gasteiger partial charge in [0.05, 0.1) is 7.11 Å². The summed E-state index contributed by atoms with van der Waals surface area (Å²) >= 11 is 1.63. The van der Waals surface area contributed by atoms with Gasteiger partial charge in [-0.1, -0.05) is 25.0 Å². The molecule has 1 aliphatic heterocycles. The van der Waals surface area contributed by atoms with Crippen LogP contribution in [-0.4, -0.2) is 53.4 Å². The van der Waals surface area contributed by atoms with E-state index in [2.05, 4.69) is 5.32 Å². The molecule has 0 bridgehead atoms. The Morgan fingerprint density at radius 3 is 2.68 bits per heavy atom. The van der Waals surface area contributed by atoms with Gasteiger partial charge in [-0.05, 0) is 48.9 Å². The molecular formula is C25H31N3O5S. The smallest absolute Gasteiger partial charge is 0.325 e. The Morgan fingerprint density at radius 2 is 2.00 bits per heavy atom. The zero-order valence-corrected chi connectivity index (χ0v) is 20.5. The van der Waals surface area contributed by atoms with Crippen LogP contribution in [0.4, 0.5) is 4.79 Å². The number of imide groups is 1. The molecule has 8 nitrogen and oxygen atoms in total. The molecule has 2 aromatic rings. The molecule has 1 aliphatic carbocycles. The van der Waals surface area contributed by atoms with Gasteiger partial charge in [-0.3, -0.25) is 14.5 Å². The van der Waals surface area contributed by atoms with E-state index in [1.165, 1.54) is 4.90 Å². The highest BCUT2D eigenvalue weighted by Crippen LogP contribution is 2.35. The number of ether oxygens (including phenoxy) is 2. The maximum atomic E-state index is 12.9. The predicted molar refractivity (Wildman–Crippen MR) is 129 cm³/mol. The van der Waals surface area contributed by atoms with Crippen molar-refractivity contribution in [3.63, 3.8) is 0 Å². The Labute approximate surface area is 203 Å². The maximum absolute atomic E-state index is 12.9. The summed E-state index contributed by atoms with van der Waals surface area (Å²) in [5.74, 6) is 0.966. The van der Waals surface area contributed by atoms with Gasteiger partial charge in [0.1, 0.15) is 12.1 Å². The van der Waals surface area contributed by atoms with Gasteiger partial charge in [-0.25, -0.2) is 4.79 Å². The number of nitrogens with one attached hydrogen (secondary N) is 1. The largest absolute Gasteiger partial charge is 0.493 e. The fraction of sp³-hybridized carbons (Fsp3) is 0.480. The average molecular weight is 486 g/mol. The summed E-state index contributed by atoms with van der Waals surface area (Å²) in [5, 5.41) is 4.87. The summed E-state index contributed by atoms with van der Waals surface area (Å²) in [4.78, 5) is 42.1. The number of rotatable bonds is 10. The third-order valence-corrected chi connectivity index (χ3v) is 7.39. The third kappa shape index (κ3) is 5.04. The highest BCUT2D eigenvalue weighted by atomic mass is 32.1. The summed E-state index contributed by atoms with van der Waals surface area (Å²) in [6.45, 7) is 3.40. The highest BCUT2D eigenvalue weighted by Gasteiger charge is 2.52. The Kier molecular flexibility index (Phi) is 7.41. The van der Waals surface area contributed by atoms with Crippen LogP contribution in [0.15, 0.2) is 35.7 Å². The average Bonchev–Trinajstić information content (AvgIpc) is 3.58. The van der Waals surface area contributed by atoms with Crippen molar-refractivity contribution in [3.8, 4) is 11.5 Å². The Balaban J connectivity index is 1.34. The molecular weight excluding hydrogens is 454 g/mol. The van der Waals surface area contributed by atoms with Crippen molar-refractivity contribution in [3.05, 3.63) is 46.2 Å². The number of urea groups is 1. The lowest BCUT2D eigenvalue weighted by Crippen LogP contribution is -2.44. The van der Waals surface area contributed by atoms with Crippen LogP contribution < -0.4 is 14.8 Å². The zero-order valence-electron chi connectivity index (χ0n) is 19.7. The zero-order chi connectivity index (χ0) is 24.1. The number of carbonyl (C=O) groups is 3. The summed E-state index contributed by atoms with van der Waals surface area (Å²) in [5.41, 5.74) is 0.171. The van der Waals surface area contributed by atoms with Crippen molar-refractivity contribution in [2.75, 3.05) is 20.2 Å². The molecule has 2 fully saturated rings. The van der Waals surface area contributed by atoms with Gasteiger partial charge in [0.15, 0.2) is 11.5 Å². The van der Waals surface area contributed by atoms with Crippen molar-refractivity contribution in [1.29, 1.82) is 0 Å². The molecule has 2 aliphatic rings. The minimum Gasteiger partial charge on any atom is -0.493 e. The molecule has 1 saturated heterocycles. The fourth-order valence-corrected chi connectivity index (χ4v) is 5.25. The lowest BCUT2D eigenvalue weighted by molar-refractivity contribution is -0.133. The van der Waals surface area contributed by atoms with E-state index >= 15 is 0 Å². The molecule has 1 aromatic heterocycles. The number of carbonyl (C=O) groups excluding carboxylic acids is 3. The lowest BCUT2D eigenvalue weighted by Gasteiger charge is -2.23. The van der Waals surface area contributed by atoms with Gasteiger partial charge >= 0.3 is 6.03 Å². The van der Waals surface area contributed by atoms with E-state index < -0.39 is 5.54 Å². The molecule has 1 aromatic carbocycles. The molecule has 2 heterocycles. The monoisotopic (exact) mass is 485 g/mol. The Hall–Kier alpha value is -3.07. The van der Waals surface area contributed by atoms with Crippen LogP contribution in [0.5, 0.6) is 11.5 Å². The molecule has 9 heteroatoms. The van der Waals surface area contributed by atoms with Crippen molar-refractivity contribution in [2.24, 2.45) is 0 Å². The first-order chi connectivity index (χ1) is 16.5. The van der Waals surface area contributed by atoms with E-state index in [1.54, 1.807) is 23.3 Å². The first kappa shape index (κ1) is 24.1. The van der Waals surface area contributed by atoms with E-state index in [9.17, 15) is 14.4 Å². The molecule has 1 spiro atoms. The van der Waals surface area contributed by atoms with Crippen LogP contribution in [0.2, 0.25) is 0 Å². The van der Waals surface area contributed by atoms with E-state index in [0.29, 0.717) is 44.0 Å². The number of thiophene rings is 1. The standard InChI is InChI=1S/C25H31N3O5S/c1-3-27(22(29)10-13-28-23(30)25(26-24(28)31)11-4-5-12-25)16-18-8-9-20(21(15-18)32-2)33-17-19-7-6-14-34-19/h6-9,14-15H,3-5,10-13,16-17H2,1-2H3,(H,26,31). The van der Waals surface area contributed by atoms with Crippen molar-refractivity contribution in [1.82, 2.24) is 15.1 Å². The topological polar surface area (TPSA) is 88.2 Å². The van der Waals surface area contributed by atoms with Crippen LogP contribution in [0.1, 0.15) is 49.5 Å². The second kappa shape index (κ2) is 10.5. The Morgan fingerprint density at radius 1 is 1.21 bits per heavy atom. The SMILES string of the molecule is CCN(Cc1ccc(OCc2cccs2)c(OC)c1)C(=O)CCN1C(=O)NC2(CCCC2)C1=O. The van der Waals surface area contributed by atoms with E-state index in [0.717, 1.165) is 23.3 Å². The number of hydrogen-bond acceptors (Lipinski definition) is 6. The molecule has 4 rings (SSSR count). The molecule has 182 valence electrons. The molecule has 1 saturated carbocycles. The number of nitrogens with zero attached hydrogens (tertiary/aromatic N) is 2. The molecule has 4 amide bonds. The number of hydrogen-bond donors (Lipinski definition) is 1. The lowest BCUT2D eigenvalue weighted by atomic mass is 9.98. The van der Waals surface area contributed by atoms with E-state index in [1.807, 2.05) is 42.6 Å². The molecule has 1 N–H and O–H groups in total.